The van der Waals surface area contributed by atoms with Gasteiger partial charge in [0.2, 0.25) is 0 Å². The predicted molar refractivity (Wildman–Crippen MR) is 126 cm³/mol. The van der Waals surface area contributed by atoms with Crippen LogP contribution in [0.15, 0.2) is 58.8 Å². The topological polar surface area (TPSA) is 80.8 Å². The summed E-state index contributed by atoms with van der Waals surface area (Å²) >= 11 is 1.56. The Morgan fingerprint density at radius 2 is 1.91 bits per heavy atom. The molecule has 1 aromatic carbocycles. The molecule has 0 amide bonds. The second-order valence-electron chi connectivity index (χ2n) is 9.05. The SMILES string of the molecule is Cc1cccc2c1Cc1nc(Sc3cnc4cccnc4c3)nc(N3CC4C(N)C4C3)c1-2. The van der Waals surface area contributed by atoms with Crippen molar-refractivity contribution in [3.8, 4) is 11.1 Å². The van der Waals surface area contributed by atoms with Crippen molar-refractivity contribution in [3.63, 3.8) is 0 Å². The standard InChI is InChI=1S/C25H22N6S/c1-13-4-2-5-15-16(13)9-21-22(15)24(31-11-17-18(12-31)23(17)26)30-25(29-21)32-14-8-20-19(28-10-14)6-3-7-27-20/h2-8,10,17-18,23H,9,11-12,26H2,1H3. The molecule has 3 aliphatic rings. The first kappa shape index (κ1) is 18.5. The Morgan fingerprint density at radius 1 is 1.03 bits per heavy atom. The first-order valence-electron chi connectivity index (χ1n) is 11.0. The van der Waals surface area contributed by atoms with Crippen molar-refractivity contribution in [3.05, 3.63) is 65.6 Å². The summed E-state index contributed by atoms with van der Waals surface area (Å²) in [5, 5.41) is 0.770. The van der Waals surface area contributed by atoms with Crippen LogP contribution in [0.1, 0.15) is 16.8 Å². The molecule has 2 unspecified atom stereocenters. The fraction of sp³-hybridized carbons (Fsp3) is 0.280. The van der Waals surface area contributed by atoms with Gasteiger partial charge in [-0.1, -0.05) is 18.2 Å². The van der Waals surface area contributed by atoms with Gasteiger partial charge in [-0.2, -0.15) is 0 Å². The Bertz CT molecular complexity index is 1390. The number of rotatable bonds is 3. The summed E-state index contributed by atoms with van der Waals surface area (Å²) < 4.78 is 0. The number of hydrogen-bond acceptors (Lipinski definition) is 7. The zero-order valence-electron chi connectivity index (χ0n) is 17.7. The number of pyridine rings is 2. The molecule has 2 fully saturated rings. The molecule has 1 aliphatic heterocycles. The van der Waals surface area contributed by atoms with Gasteiger partial charge in [-0.3, -0.25) is 9.97 Å². The molecule has 3 aromatic heterocycles. The number of aryl methyl sites for hydroxylation is 1. The van der Waals surface area contributed by atoms with Gasteiger partial charge in [0.15, 0.2) is 5.16 Å². The molecule has 158 valence electrons. The predicted octanol–water partition coefficient (Wildman–Crippen LogP) is 3.84. The van der Waals surface area contributed by atoms with E-state index in [9.17, 15) is 0 Å². The molecule has 6 nitrogen and oxygen atoms in total. The van der Waals surface area contributed by atoms with Crippen LogP contribution < -0.4 is 10.6 Å². The fourth-order valence-corrected chi connectivity index (χ4v) is 6.10. The average molecular weight is 439 g/mol. The molecule has 32 heavy (non-hydrogen) atoms. The van der Waals surface area contributed by atoms with Gasteiger partial charge in [0.05, 0.1) is 16.7 Å². The van der Waals surface area contributed by atoms with Crippen molar-refractivity contribution in [2.75, 3.05) is 18.0 Å². The maximum atomic E-state index is 6.22. The fourth-order valence-electron chi connectivity index (χ4n) is 5.33. The van der Waals surface area contributed by atoms with E-state index in [4.69, 9.17) is 15.7 Å². The Morgan fingerprint density at radius 3 is 2.78 bits per heavy atom. The average Bonchev–Trinajstić information content (AvgIpc) is 3.16. The van der Waals surface area contributed by atoms with E-state index in [2.05, 4.69) is 46.1 Å². The highest BCUT2D eigenvalue weighted by Crippen LogP contribution is 2.49. The van der Waals surface area contributed by atoms with Crippen LogP contribution in [0, 0.1) is 18.8 Å². The van der Waals surface area contributed by atoms with Crippen molar-refractivity contribution >= 4 is 28.6 Å². The van der Waals surface area contributed by atoms with E-state index in [0.717, 1.165) is 52.1 Å². The van der Waals surface area contributed by atoms with Gasteiger partial charge in [0, 0.05) is 48.4 Å². The number of aromatic nitrogens is 4. The second kappa shape index (κ2) is 6.73. The van der Waals surface area contributed by atoms with E-state index in [1.807, 2.05) is 18.3 Å². The van der Waals surface area contributed by atoms with Crippen molar-refractivity contribution < 1.29 is 0 Å². The summed E-state index contributed by atoms with van der Waals surface area (Å²) in [5.74, 6) is 2.27. The van der Waals surface area contributed by atoms with Gasteiger partial charge in [-0.05, 0) is 65.4 Å². The molecule has 2 N–H and O–H groups in total. The molecule has 7 rings (SSSR count). The third kappa shape index (κ3) is 2.77. The second-order valence-corrected chi connectivity index (χ2v) is 10.1. The van der Waals surface area contributed by atoms with Crippen LogP contribution in [0.3, 0.4) is 0 Å². The molecule has 2 atom stereocenters. The van der Waals surface area contributed by atoms with Gasteiger partial charge in [-0.25, -0.2) is 9.97 Å². The van der Waals surface area contributed by atoms with Gasteiger partial charge in [0.1, 0.15) is 5.82 Å². The zero-order valence-corrected chi connectivity index (χ0v) is 18.5. The van der Waals surface area contributed by atoms with Crippen molar-refractivity contribution in [1.82, 2.24) is 19.9 Å². The number of fused-ring (bicyclic) bond motifs is 5. The summed E-state index contributed by atoms with van der Waals surface area (Å²) in [4.78, 5) is 22.5. The highest BCUT2D eigenvalue weighted by atomic mass is 32.2. The minimum Gasteiger partial charge on any atom is -0.355 e. The molecule has 2 aliphatic carbocycles. The van der Waals surface area contributed by atoms with E-state index in [-0.39, 0.29) is 0 Å². The van der Waals surface area contributed by atoms with Crippen LogP contribution in [0.5, 0.6) is 0 Å². The molecular weight excluding hydrogens is 416 g/mol. The highest BCUT2D eigenvalue weighted by molar-refractivity contribution is 7.99. The number of benzene rings is 1. The van der Waals surface area contributed by atoms with E-state index < -0.39 is 0 Å². The summed E-state index contributed by atoms with van der Waals surface area (Å²) in [5.41, 5.74) is 14.3. The Labute approximate surface area is 190 Å². The van der Waals surface area contributed by atoms with Crippen LogP contribution >= 0.6 is 11.8 Å². The minimum absolute atomic E-state index is 0.362. The highest BCUT2D eigenvalue weighted by Gasteiger charge is 2.54. The summed E-state index contributed by atoms with van der Waals surface area (Å²) in [7, 11) is 0. The van der Waals surface area contributed by atoms with Crippen LogP contribution in [0.2, 0.25) is 0 Å². The summed E-state index contributed by atoms with van der Waals surface area (Å²) in [6, 6.07) is 12.8. The summed E-state index contributed by atoms with van der Waals surface area (Å²) in [6.07, 6.45) is 4.54. The Balaban J connectivity index is 1.32. The van der Waals surface area contributed by atoms with E-state index >= 15 is 0 Å². The van der Waals surface area contributed by atoms with Crippen LogP contribution in [0.4, 0.5) is 5.82 Å². The molecule has 0 spiro atoms. The van der Waals surface area contributed by atoms with Gasteiger partial charge < -0.3 is 10.6 Å². The van der Waals surface area contributed by atoms with Crippen LogP contribution in [-0.4, -0.2) is 39.1 Å². The lowest BCUT2D eigenvalue weighted by atomic mass is 10.0. The van der Waals surface area contributed by atoms with Crippen molar-refractivity contribution in [2.24, 2.45) is 17.6 Å². The smallest absolute Gasteiger partial charge is 0.194 e. The molecule has 0 bridgehead atoms. The maximum absolute atomic E-state index is 6.22. The van der Waals surface area contributed by atoms with E-state index in [1.165, 1.54) is 22.3 Å². The lowest BCUT2D eigenvalue weighted by Crippen LogP contribution is -2.29. The minimum atomic E-state index is 0.362. The number of nitrogens with two attached hydrogens (primary N) is 1. The molecule has 1 saturated heterocycles. The lowest BCUT2D eigenvalue weighted by molar-refractivity contribution is 0.727. The molecule has 7 heteroatoms. The lowest BCUT2D eigenvalue weighted by Gasteiger charge is -2.23. The largest absolute Gasteiger partial charge is 0.355 e. The maximum Gasteiger partial charge on any atom is 0.194 e. The monoisotopic (exact) mass is 438 g/mol. The molecule has 4 aromatic rings. The first-order valence-corrected chi connectivity index (χ1v) is 11.9. The van der Waals surface area contributed by atoms with Gasteiger partial charge in [0.25, 0.3) is 0 Å². The van der Waals surface area contributed by atoms with Crippen LogP contribution in [0.25, 0.3) is 22.2 Å². The third-order valence-electron chi connectivity index (χ3n) is 7.16. The first-order chi connectivity index (χ1) is 15.7. The van der Waals surface area contributed by atoms with Crippen molar-refractivity contribution in [1.29, 1.82) is 0 Å². The Kier molecular flexibility index (Phi) is 3.90. The molecule has 1 saturated carbocycles. The van der Waals surface area contributed by atoms with Gasteiger partial charge in [-0.15, -0.1) is 0 Å². The molecule has 0 radical (unpaired) electrons. The zero-order chi connectivity index (χ0) is 21.4. The number of hydrogen-bond donors (Lipinski definition) is 1. The molecule has 4 heterocycles. The molecular formula is C25H22N6S. The third-order valence-corrected chi connectivity index (χ3v) is 7.99. The van der Waals surface area contributed by atoms with Gasteiger partial charge >= 0.3 is 0 Å². The van der Waals surface area contributed by atoms with Crippen molar-refractivity contribution in [2.45, 2.75) is 29.4 Å². The quantitative estimate of drug-likeness (QED) is 0.429. The number of piperidine rings is 1. The van der Waals surface area contributed by atoms with Crippen LogP contribution in [-0.2, 0) is 6.42 Å². The number of anilines is 1. The number of nitrogens with zero attached hydrogens (tertiary/aromatic N) is 5. The normalized spacial score (nSPS) is 22.7. The van der Waals surface area contributed by atoms with E-state index in [1.54, 1.807) is 18.0 Å². The Hall–Kier alpha value is -3.03. The summed E-state index contributed by atoms with van der Waals surface area (Å²) in [6.45, 7) is 4.16. The van der Waals surface area contributed by atoms with E-state index in [0.29, 0.717) is 17.9 Å².